The molecule has 62 valence electrons. The van der Waals surface area contributed by atoms with Gasteiger partial charge >= 0.3 is 0 Å². The summed E-state index contributed by atoms with van der Waals surface area (Å²) in [4.78, 5) is 0. The molecule has 1 aliphatic carbocycles. The van der Waals surface area contributed by atoms with Crippen LogP contribution >= 0.6 is 12.4 Å². The van der Waals surface area contributed by atoms with Gasteiger partial charge in [-0.15, -0.1) is 22.6 Å². The number of nitrogens with two attached hydrogens (primary N) is 1. The first-order valence-electron chi connectivity index (χ1n) is 3.42. The second-order valence-corrected chi connectivity index (χ2v) is 2.51. The molecular formula is C6H10ClN3O. The van der Waals surface area contributed by atoms with E-state index in [1.54, 1.807) is 0 Å². The zero-order valence-electron chi connectivity index (χ0n) is 5.99. The second kappa shape index (κ2) is 3.19. The molecule has 2 N–H and O–H groups in total. The monoisotopic (exact) mass is 175 g/mol. The van der Waals surface area contributed by atoms with Crippen LogP contribution in [0, 0.1) is 0 Å². The molecule has 1 aromatic heterocycles. The highest BCUT2D eigenvalue weighted by Gasteiger charge is 2.28. The van der Waals surface area contributed by atoms with Gasteiger partial charge in [-0.25, -0.2) is 0 Å². The topological polar surface area (TPSA) is 64.9 Å². The van der Waals surface area contributed by atoms with Crippen LogP contribution in [0.4, 0.5) is 0 Å². The molecule has 0 atom stereocenters. The lowest BCUT2D eigenvalue weighted by molar-refractivity contribution is 0.452. The minimum absolute atomic E-state index is 0. The third-order valence-electron chi connectivity index (χ3n) is 1.58. The van der Waals surface area contributed by atoms with Crippen LogP contribution in [0.2, 0.25) is 0 Å². The van der Waals surface area contributed by atoms with E-state index in [9.17, 15) is 0 Å². The molecule has 0 amide bonds. The molecule has 0 unspecified atom stereocenters. The molecule has 0 aliphatic heterocycles. The molecule has 2 rings (SSSR count). The molecular weight excluding hydrogens is 166 g/mol. The van der Waals surface area contributed by atoms with Gasteiger partial charge in [0.2, 0.25) is 11.8 Å². The van der Waals surface area contributed by atoms with Crippen LogP contribution in [0.25, 0.3) is 0 Å². The van der Waals surface area contributed by atoms with Gasteiger partial charge in [-0.05, 0) is 12.8 Å². The summed E-state index contributed by atoms with van der Waals surface area (Å²) < 4.78 is 5.21. The lowest BCUT2D eigenvalue weighted by Crippen LogP contribution is -1.95. The fourth-order valence-corrected chi connectivity index (χ4v) is 0.844. The van der Waals surface area contributed by atoms with Crippen LogP contribution in [0.15, 0.2) is 4.42 Å². The summed E-state index contributed by atoms with van der Waals surface area (Å²) in [5.41, 5.74) is 5.29. The lowest BCUT2D eigenvalue weighted by Gasteiger charge is -1.83. The summed E-state index contributed by atoms with van der Waals surface area (Å²) in [5, 5.41) is 7.61. The molecule has 0 saturated heterocycles. The zero-order valence-corrected chi connectivity index (χ0v) is 6.80. The molecule has 1 saturated carbocycles. The Hall–Kier alpha value is -0.610. The van der Waals surface area contributed by atoms with E-state index in [-0.39, 0.29) is 12.4 Å². The van der Waals surface area contributed by atoms with Gasteiger partial charge < -0.3 is 10.2 Å². The fourth-order valence-electron chi connectivity index (χ4n) is 0.844. The number of hydrogen-bond donors (Lipinski definition) is 1. The van der Waals surface area contributed by atoms with Gasteiger partial charge in [0.1, 0.15) is 0 Å². The number of rotatable bonds is 2. The first kappa shape index (κ1) is 8.49. The number of aromatic nitrogens is 2. The summed E-state index contributed by atoms with van der Waals surface area (Å²) in [6.45, 7) is 0.347. The van der Waals surface area contributed by atoms with Gasteiger partial charge in [0.15, 0.2) is 0 Å². The van der Waals surface area contributed by atoms with Crippen LogP contribution in [0.3, 0.4) is 0 Å². The van der Waals surface area contributed by atoms with Crippen LogP contribution in [0.1, 0.15) is 30.5 Å². The maximum Gasteiger partial charge on any atom is 0.230 e. The maximum atomic E-state index is 5.29. The van der Waals surface area contributed by atoms with Crippen molar-refractivity contribution >= 4 is 12.4 Å². The first-order valence-corrected chi connectivity index (χ1v) is 3.42. The van der Waals surface area contributed by atoms with Crippen LogP contribution in [-0.4, -0.2) is 10.2 Å². The molecule has 5 heteroatoms. The van der Waals surface area contributed by atoms with Crippen molar-refractivity contribution in [2.75, 3.05) is 0 Å². The van der Waals surface area contributed by atoms with Crippen molar-refractivity contribution in [3.8, 4) is 0 Å². The predicted molar refractivity (Wildman–Crippen MR) is 41.4 cm³/mol. The van der Waals surface area contributed by atoms with Crippen molar-refractivity contribution in [3.63, 3.8) is 0 Å². The molecule has 0 bridgehead atoms. The molecule has 0 aromatic carbocycles. The largest absolute Gasteiger partial charge is 0.424 e. The molecule has 1 fully saturated rings. The Morgan fingerprint density at radius 2 is 2.18 bits per heavy atom. The van der Waals surface area contributed by atoms with E-state index in [1.807, 2.05) is 0 Å². The van der Waals surface area contributed by atoms with Gasteiger partial charge in [0, 0.05) is 5.92 Å². The van der Waals surface area contributed by atoms with E-state index in [0.29, 0.717) is 18.4 Å². The molecule has 4 nitrogen and oxygen atoms in total. The van der Waals surface area contributed by atoms with Crippen molar-refractivity contribution < 1.29 is 4.42 Å². The van der Waals surface area contributed by atoms with Crippen molar-refractivity contribution in [2.45, 2.75) is 25.3 Å². The summed E-state index contributed by atoms with van der Waals surface area (Å²) in [7, 11) is 0. The van der Waals surface area contributed by atoms with Crippen molar-refractivity contribution in [1.29, 1.82) is 0 Å². The molecule has 0 radical (unpaired) electrons. The molecule has 1 aliphatic rings. The summed E-state index contributed by atoms with van der Waals surface area (Å²) in [6.07, 6.45) is 2.37. The Morgan fingerprint density at radius 3 is 2.64 bits per heavy atom. The average Bonchev–Trinajstić information content (AvgIpc) is 2.70. The summed E-state index contributed by atoms with van der Waals surface area (Å²) in [5.74, 6) is 1.84. The highest BCUT2D eigenvalue weighted by Crippen LogP contribution is 2.38. The Kier molecular flexibility index (Phi) is 2.46. The molecule has 11 heavy (non-hydrogen) atoms. The number of halogens is 1. The molecule has 1 heterocycles. The summed E-state index contributed by atoms with van der Waals surface area (Å²) >= 11 is 0. The van der Waals surface area contributed by atoms with Crippen LogP contribution in [-0.2, 0) is 6.54 Å². The van der Waals surface area contributed by atoms with E-state index >= 15 is 0 Å². The molecule has 0 spiro atoms. The van der Waals surface area contributed by atoms with E-state index in [1.165, 1.54) is 12.8 Å². The van der Waals surface area contributed by atoms with Gasteiger partial charge in [-0.3, -0.25) is 0 Å². The van der Waals surface area contributed by atoms with Gasteiger partial charge in [-0.1, -0.05) is 0 Å². The SMILES string of the molecule is Cl.NCc1nnc(C2CC2)o1. The zero-order chi connectivity index (χ0) is 6.97. The average molecular weight is 176 g/mol. The highest BCUT2D eigenvalue weighted by atomic mass is 35.5. The third kappa shape index (κ3) is 1.70. The van der Waals surface area contributed by atoms with E-state index in [2.05, 4.69) is 10.2 Å². The Balaban J connectivity index is 0.000000605. The van der Waals surface area contributed by atoms with Gasteiger partial charge in [-0.2, -0.15) is 0 Å². The minimum atomic E-state index is 0. The quantitative estimate of drug-likeness (QED) is 0.723. The van der Waals surface area contributed by atoms with E-state index < -0.39 is 0 Å². The van der Waals surface area contributed by atoms with E-state index in [4.69, 9.17) is 10.2 Å². The van der Waals surface area contributed by atoms with Gasteiger partial charge in [0.05, 0.1) is 6.54 Å². The summed E-state index contributed by atoms with van der Waals surface area (Å²) in [6, 6.07) is 0. The predicted octanol–water partition coefficient (Wildman–Crippen LogP) is 0.827. The minimum Gasteiger partial charge on any atom is -0.424 e. The number of nitrogens with zero attached hydrogens (tertiary/aromatic N) is 2. The Labute approximate surface area is 70.6 Å². The third-order valence-corrected chi connectivity index (χ3v) is 1.58. The lowest BCUT2D eigenvalue weighted by atomic mass is 10.4. The van der Waals surface area contributed by atoms with Gasteiger partial charge in [0.25, 0.3) is 0 Å². The molecule has 1 aromatic rings. The van der Waals surface area contributed by atoms with Crippen molar-refractivity contribution in [2.24, 2.45) is 5.73 Å². The standard InChI is InChI=1S/C6H9N3O.ClH/c7-3-5-8-9-6(10-5)4-1-2-4;/h4H,1-3,7H2;1H. The van der Waals surface area contributed by atoms with Crippen LogP contribution < -0.4 is 5.73 Å². The van der Waals surface area contributed by atoms with Crippen molar-refractivity contribution in [1.82, 2.24) is 10.2 Å². The fraction of sp³-hybridized carbons (Fsp3) is 0.667. The first-order chi connectivity index (χ1) is 4.90. The smallest absolute Gasteiger partial charge is 0.230 e. The second-order valence-electron chi connectivity index (χ2n) is 2.51. The Morgan fingerprint density at radius 1 is 1.45 bits per heavy atom. The van der Waals surface area contributed by atoms with Crippen LogP contribution in [0.5, 0.6) is 0 Å². The normalized spacial score (nSPS) is 16.1. The maximum absolute atomic E-state index is 5.29. The van der Waals surface area contributed by atoms with E-state index in [0.717, 1.165) is 5.89 Å². The van der Waals surface area contributed by atoms with Crippen molar-refractivity contribution in [3.05, 3.63) is 11.8 Å². The highest BCUT2D eigenvalue weighted by molar-refractivity contribution is 5.85. The number of hydrogen-bond acceptors (Lipinski definition) is 4. The Bertz CT molecular complexity index is 233.